The fourth-order valence-corrected chi connectivity index (χ4v) is 3.11. The summed E-state index contributed by atoms with van der Waals surface area (Å²) in [6.07, 6.45) is 5.28. The molecule has 0 spiro atoms. The maximum Gasteiger partial charge on any atom is 0.0957 e. The molecule has 5 nitrogen and oxygen atoms in total. The third kappa shape index (κ3) is 2.24. The zero-order chi connectivity index (χ0) is 13.4. The number of rotatable bonds is 3. The molecule has 102 valence electrons. The molecule has 0 saturated carbocycles. The molecule has 5 heteroatoms. The van der Waals surface area contributed by atoms with Crippen molar-refractivity contribution in [3.8, 4) is 0 Å². The second-order valence-electron chi connectivity index (χ2n) is 5.56. The first-order valence-corrected chi connectivity index (χ1v) is 6.92. The maximum atomic E-state index is 6.40. The number of aryl methyl sites for hydroxylation is 1. The predicted molar refractivity (Wildman–Crippen MR) is 75.8 cm³/mol. The molecule has 0 aliphatic carbocycles. The first kappa shape index (κ1) is 12.6. The lowest BCUT2D eigenvalue weighted by molar-refractivity contribution is 0.282. The Labute approximate surface area is 113 Å². The van der Waals surface area contributed by atoms with Crippen LogP contribution in [0.15, 0.2) is 12.3 Å². The van der Waals surface area contributed by atoms with Gasteiger partial charge in [-0.3, -0.25) is 10.1 Å². The average molecular weight is 259 g/mol. The van der Waals surface area contributed by atoms with Gasteiger partial charge in [0, 0.05) is 29.4 Å². The SMILES string of the molecule is Cc1[nH]nc2ccnc(C(N)CC3CCCN3C)c12. The second kappa shape index (κ2) is 4.90. The second-order valence-corrected chi connectivity index (χ2v) is 5.56. The van der Waals surface area contributed by atoms with Crippen molar-refractivity contribution in [2.75, 3.05) is 13.6 Å². The van der Waals surface area contributed by atoms with Crippen molar-refractivity contribution in [3.05, 3.63) is 23.7 Å². The van der Waals surface area contributed by atoms with Crippen LogP contribution in [0.3, 0.4) is 0 Å². The van der Waals surface area contributed by atoms with Gasteiger partial charge in [0.2, 0.25) is 0 Å². The Morgan fingerprint density at radius 1 is 1.58 bits per heavy atom. The molecular weight excluding hydrogens is 238 g/mol. The van der Waals surface area contributed by atoms with Crippen molar-refractivity contribution in [3.63, 3.8) is 0 Å². The molecule has 0 aromatic carbocycles. The minimum Gasteiger partial charge on any atom is -0.323 e. The lowest BCUT2D eigenvalue weighted by Crippen LogP contribution is -2.29. The largest absolute Gasteiger partial charge is 0.323 e. The number of hydrogen-bond donors (Lipinski definition) is 2. The van der Waals surface area contributed by atoms with Crippen molar-refractivity contribution in [2.24, 2.45) is 5.73 Å². The third-order valence-corrected chi connectivity index (χ3v) is 4.23. The molecule has 2 aromatic rings. The lowest BCUT2D eigenvalue weighted by atomic mass is 10.00. The Kier molecular flexibility index (Phi) is 3.24. The highest BCUT2D eigenvalue weighted by atomic mass is 15.1. The summed E-state index contributed by atoms with van der Waals surface area (Å²) in [5.74, 6) is 0. The summed E-state index contributed by atoms with van der Waals surface area (Å²) in [4.78, 5) is 6.91. The van der Waals surface area contributed by atoms with Gasteiger partial charge in [-0.15, -0.1) is 0 Å². The molecule has 1 fully saturated rings. The van der Waals surface area contributed by atoms with Gasteiger partial charge in [-0.1, -0.05) is 0 Å². The van der Waals surface area contributed by atoms with Crippen molar-refractivity contribution < 1.29 is 0 Å². The Morgan fingerprint density at radius 3 is 3.16 bits per heavy atom. The van der Waals surface area contributed by atoms with E-state index in [1.54, 1.807) is 6.20 Å². The van der Waals surface area contributed by atoms with Crippen LogP contribution in [0.25, 0.3) is 10.9 Å². The van der Waals surface area contributed by atoms with Gasteiger partial charge in [0.25, 0.3) is 0 Å². The number of nitrogens with two attached hydrogens (primary N) is 1. The maximum absolute atomic E-state index is 6.40. The fourth-order valence-electron chi connectivity index (χ4n) is 3.11. The topological polar surface area (TPSA) is 70.8 Å². The highest BCUT2D eigenvalue weighted by molar-refractivity contribution is 5.83. The van der Waals surface area contributed by atoms with Gasteiger partial charge >= 0.3 is 0 Å². The number of aromatic amines is 1. The van der Waals surface area contributed by atoms with E-state index in [9.17, 15) is 0 Å². The van der Waals surface area contributed by atoms with Crippen LogP contribution in [0.5, 0.6) is 0 Å². The van der Waals surface area contributed by atoms with Gasteiger partial charge in [0.05, 0.1) is 11.2 Å². The smallest absolute Gasteiger partial charge is 0.0957 e. The predicted octanol–water partition coefficient (Wildman–Crippen LogP) is 1.75. The molecule has 3 heterocycles. The van der Waals surface area contributed by atoms with Crippen LogP contribution in [0.4, 0.5) is 0 Å². The number of aromatic nitrogens is 3. The number of pyridine rings is 1. The molecule has 2 aromatic heterocycles. The Hall–Kier alpha value is -1.46. The first-order valence-electron chi connectivity index (χ1n) is 6.92. The summed E-state index contributed by atoms with van der Waals surface area (Å²) in [5, 5.41) is 8.39. The quantitative estimate of drug-likeness (QED) is 0.881. The van der Waals surface area contributed by atoms with E-state index < -0.39 is 0 Å². The van der Waals surface area contributed by atoms with Crippen LogP contribution in [0.2, 0.25) is 0 Å². The van der Waals surface area contributed by atoms with Crippen molar-refractivity contribution in [2.45, 2.75) is 38.3 Å². The van der Waals surface area contributed by atoms with E-state index in [4.69, 9.17) is 5.73 Å². The van der Waals surface area contributed by atoms with Crippen LogP contribution in [0.1, 0.15) is 36.7 Å². The number of hydrogen-bond acceptors (Lipinski definition) is 4. The average Bonchev–Trinajstić information content (AvgIpc) is 2.97. The first-order chi connectivity index (χ1) is 9.16. The molecule has 2 atom stereocenters. The van der Waals surface area contributed by atoms with E-state index in [0.29, 0.717) is 6.04 Å². The lowest BCUT2D eigenvalue weighted by Gasteiger charge is -2.23. The minimum absolute atomic E-state index is 0.0226. The summed E-state index contributed by atoms with van der Waals surface area (Å²) < 4.78 is 0. The number of likely N-dealkylation sites (tertiary alicyclic amines) is 1. The van der Waals surface area contributed by atoms with Crippen LogP contribution in [-0.2, 0) is 0 Å². The standard InChI is InChI=1S/C14H21N5/c1-9-13-12(18-17-9)5-6-16-14(13)11(15)8-10-4-3-7-19(10)2/h5-6,10-11H,3-4,7-8,15H2,1-2H3,(H,17,18). The summed E-state index contributed by atoms with van der Waals surface area (Å²) in [6, 6.07) is 2.49. The van der Waals surface area contributed by atoms with E-state index in [-0.39, 0.29) is 6.04 Å². The molecule has 1 aliphatic heterocycles. The molecule has 2 unspecified atom stereocenters. The number of fused-ring (bicyclic) bond motifs is 1. The Bertz CT molecular complexity index is 576. The highest BCUT2D eigenvalue weighted by Gasteiger charge is 2.25. The van der Waals surface area contributed by atoms with Gasteiger partial charge in [-0.25, -0.2) is 0 Å². The summed E-state index contributed by atoms with van der Waals surface area (Å²) >= 11 is 0. The number of nitrogens with zero attached hydrogens (tertiary/aromatic N) is 3. The van der Waals surface area contributed by atoms with E-state index in [0.717, 1.165) is 28.7 Å². The summed E-state index contributed by atoms with van der Waals surface area (Å²) in [7, 11) is 2.18. The summed E-state index contributed by atoms with van der Waals surface area (Å²) in [5.41, 5.74) is 9.38. The Morgan fingerprint density at radius 2 is 2.42 bits per heavy atom. The van der Waals surface area contributed by atoms with Crippen molar-refractivity contribution in [1.29, 1.82) is 0 Å². The molecule has 0 radical (unpaired) electrons. The zero-order valence-corrected chi connectivity index (χ0v) is 11.6. The monoisotopic (exact) mass is 259 g/mol. The van der Waals surface area contributed by atoms with Crippen molar-refractivity contribution in [1.82, 2.24) is 20.1 Å². The van der Waals surface area contributed by atoms with Gasteiger partial charge < -0.3 is 10.6 Å². The number of nitrogens with one attached hydrogen (secondary N) is 1. The molecule has 3 rings (SSSR count). The normalized spacial score (nSPS) is 22.2. The Balaban J connectivity index is 1.88. The van der Waals surface area contributed by atoms with Gasteiger partial charge in [0.15, 0.2) is 0 Å². The zero-order valence-electron chi connectivity index (χ0n) is 11.6. The number of H-pyrrole nitrogens is 1. The van der Waals surface area contributed by atoms with Crippen LogP contribution < -0.4 is 5.73 Å². The van der Waals surface area contributed by atoms with Crippen LogP contribution in [-0.4, -0.2) is 39.7 Å². The molecular formula is C14H21N5. The minimum atomic E-state index is -0.0226. The molecule has 1 aliphatic rings. The molecule has 1 saturated heterocycles. The molecule has 0 bridgehead atoms. The molecule has 0 amide bonds. The summed E-state index contributed by atoms with van der Waals surface area (Å²) in [6.45, 7) is 3.20. The van der Waals surface area contributed by atoms with E-state index in [2.05, 4.69) is 27.1 Å². The van der Waals surface area contributed by atoms with E-state index in [1.165, 1.54) is 19.4 Å². The molecule has 19 heavy (non-hydrogen) atoms. The van der Waals surface area contributed by atoms with E-state index in [1.807, 2.05) is 13.0 Å². The van der Waals surface area contributed by atoms with E-state index >= 15 is 0 Å². The molecule has 3 N–H and O–H groups in total. The van der Waals surface area contributed by atoms with Gasteiger partial charge in [-0.05, 0) is 45.8 Å². The van der Waals surface area contributed by atoms with Crippen LogP contribution in [0, 0.1) is 6.92 Å². The van der Waals surface area contributed by atoms with Gasteiger partial charge in [-0.2, -0.15) is 5.10 Å². The van der Waals surface area contributed by atoms with Gasteiger partial charge in [0.1, 0.15) is 0 Å². The third-order valence-electron chi connectivity index (χ3n) is 4.23. The van der Waals surface area contributed by atoms with Crippen LogP contribution >= 0.6 is 0 Å². The fraction of sp³-hybridized carbons (Fsp3) is 0.571. The van der Waals surface area contributed by atoms with Crippen molar-refractivity contribution >= 4 is 10.9 Å². The highest BCUT2D eigenvalue weighted by Crippen LogP contribution is 2.28.